The van der Waals surface area contributed by atoms with E-state index in [1.807, 2.05) is 7.05 Å². The van der Waals surface area contributed by atoms with Gasteiger partial charge in [0, 0.05) is 13.1 Å². The average molecular weight is 157 g/mol. The highest BCUT2D eigenvalue weighted by Gasteiger charge is 2.33. The SMILES string of the molecule is COC(=O)C1CN(C)CC1C. The Balaban J connectivity index is 2.52. The first kappa shape index (κ1) is 8.53. The number of methoxy groups -OCH3 is 1. The van der Waals surface area contributed by atoms with Gasteiger partial charge in [0.2, 0.25) is 0 Å². The van der Waals surface area contributed by atoms with Crippen LogP contribution in [0.25, 0.3) is 0 Å². The first-order valence-electron chi connectivity index (χ1n) is 3.91. The second-order valence-corrected chi connectivity index (χ2v) is 3.33. The summed E-state index contributed by atoms with van der Waals surface area (Å²) >= 11 is 0. The van der Waals surface area contributed by atoms with E-state index in [-0.39, 0.29) is 11.9 Å². The number of likely N-dealkylation sites (tertiary alicyclic amines) is 1. The molecule has 2 atom stereocenters. The van der Waals surface area contributed by atoms with Crippen LogP contribution in [0.15, 0.2) is 0 Å². The van der Waals surface area contributed by atoms with Gasteiger partial charge < -0.3 is 9.64 Å². The monoisotopic (exact) mass is 157 g/mol. The zero-order valence-corrected chi connectivity index (χ0v) is 7.33. The minimum absolute atomic E-state index is 0.0677. The van der Waals surface area contributed by atoms with Crippen LogP contribution in [0.5, 0.6) is 0 Å². The zero-order chi connectivity index (χ0) is 8.43. The molecule has 0 radical (unpaired) electrons. The first-order chi connectivity index (χ1) is 5.15. The van der Waals surface area contributed by atoms with Gasteiger partial charge in [-0.25, -0.2) is 0 Å². The maximum atomic E-state index is 11.1. The maximum absolute atomic E-state index is 11.1. The topological polar surface area (TPSA) is 29.5 Å². The quantitative estimate of drug-likeness (QED) is 0.515. The lowest BCUT2D eigenvalue weighted by atomic mass is 9.99. The summed E-state index contributed by atoms with van der Waals surface area (Å²) < 4.78 is 4.69. The smallest absolute Gasteiger partial charge is 0.310 e. The number of rotatable bonds is 1. The predicted octanol–water partition coefficient (Wildman–Crippen LogP) is 0.357. The molecule has 1 rings (SSSR count). The largest absolute Gasteiger partial charge is 0.469 e. The summed E-state index contributed by atoms with van der Waals surface area (Å²) in [6.45, 7) is 3.93. The van der Waals surface area contributed by atoms with E-state index in [2.05, 4.69) is 16.6 Å². The fourth-order valence-electron chi connectivity index (χ4n) is 1.67. The fourth-order valence-corrected chi connectivity index (χ4v) is 1.67. The van der Waals surface area contributed by atoms with Crippen molar-refractivity contribution >= 4 is 5.97 Å². The molecule has 1 aliphatic heterocycles. The van der Waals surface area contributed by atoms with Gasteiger partial charge in [0.1, 0.15) is 0 Å². The molecule has 2 unspecified atom stereocenters. The molecule has 0 bridgehead atoms. The van der Waals surface area contributed by atoms with Gasteiger partial charge in [-0.1, -0.05) is 6.92 Å². The molecule has 0 saturated carbocycles. The Morgan fingerprint density at radius 3 is 2.55 bits per heavy atom. The van der Waals surface area contributed by atoms with Crippen molar-refractivity contribution in [3.8, 4) is 0 Å². The van der Waals surface area contributed by atoms with Gasteiger partial charge in [-0.2, -0.15) is 0 Å². The normalized spacial score (nSPS) is 32.3. The lowest BCUT2D eigenvalue weighted by Crippen LogP contribution is -2.22. The van der Waals surface area contributed by atoms with Gasteiger partial charge in [0.25, 0.3) is 0 Å². The molecule has 0 aromatic carbocycles. The second kappa shape index (κ2) is 3.22. The third-order valence-corrected chi connectivity index (χ3v) is 2.30. The van der Waals surface area contributed by atoms with Gasteiger partial charge in [-0.15, -0.1) is 0 Å². The number of esters is 1. The molecule has 0 amide bonds. The van der Waals surface area contributed by atoms with Gasteiger partial charge in [0.05, 0.1) is 13.0 Å². The van der Waals surface area contributed by atoms with Gasteiger partial charge in [-0.3, -0.25) is 4.79 Å². The third-order valence-electron chi connectivity index (χ3n) is 2.30. The van der Waals surface area contributed by atoms with E-state index in [9.17, 15) is 4.79 Å². The summed E-state index contributed by atoms with van der Waals surface area (Å²) in [5, 5.41) is 0. The molecule has 0 aromatic rings. The van der Waals surface area contributed by atoms with E-state index in [0.29, 0.717) is 5.92 Å². The van der Waals surface area contributed by atoms with Crippen molar-refractivity contribution in [2.75, 3.05) is 27.2 Å². The van der Waals surface area contributed by atoms with Gasteiger partial charge in [0.15, 0.2) is 0 Å². The van der Waals surface area contributed by atoms with E-state index in [1.54, 1.807) is 0 Å². The minimum Gasteiger partial charge on any atom is -0.469 e. The van der Waals surface area contributed by atoms with Crippen LogP contribution in [-0.2, 0) is 9.53 Å². The molecule has 0 N–H and O–H groups in total. The molecule has 1 aliphatic rings. The van der Waals surface area contributed by atoms with Crippen LogP contribution in [0.4, 0.5) is 0 Å². The number of hydrogen-bond donors (Lipinski definition) is 0. The zero-order valence-electron chi connectivity index (χ0n) is 7.33. The Morgan fingerprint density at radius 2 is 2.18 bits per heavy atom. The van der Waals surface area contributed by atoms with Crippen molar-refractivity contribution in [2.45, 2.75) is 6.92 Å². The lowest BCUT2D eigenvalue weighted by molar-refractivity contribution is -0.146. The Morgan fingerprint density at radius 1 is 1.55 bits per heavy atom. The average Bonchev–Trinajstić information content (AvgIpc) is 2.28. The standard InChI is InChI=1S/C8H15NO2/c1-6-4-9(2)5-7(6)8(10)11-3/h6-7H,4-5H2,1-3H3. The fraction of sp³-hybridized carbons (Fsp3) is 0.875. The van der Waals surface area contributed by atoms with Crippen LogP contribution in [0.1, 0.15) is 6.92 Å². The van der Waals surface area contributed by atoms with E-state index >= 15 is 0 Å². The summed E-state index contributed by atoms with van der Waals surface area (Å²) in [5.41, 5.74) is 0. The van der Waals surface area contributed by atoms with Crippen LogP contribution in [0.3, 0.4) is 0 Å². The molecule has 0 aromatic heterocycles. The minimum atomic E-state index is -0.0677. The van der Waals surface area contributed by atoms with Gasteiger partial charge >= 0.3 is 5.97 Å². The van der Waals surface area contributed by atoms with Crippen LogP contribution in [0, 0.1) is 11.8 Å². The number of ether oxygens (including phenoxy) is 1. The summed E-state index contributed by atoms with van der Waals surface area (Å²) in [6, 6.07) is 0. The molecule has 64 valence electrons. The van der Waals surface area contributed by atoms with Crippen LogP contribution in [0.2, 0.25) is 0 Å². The highest BCUT2D eigenvalue weighted by molar-refractivity contribution is 5.73. The van der Waals surface area contributed by atoms with Crippen molar-refractivity contribution < 1.29 is 9.53 Å². The summed E-state index contributed by atoms with van der Waals surface area (Å²) in [6.07, 6.45) is 0. The van der Waals surface area contributed by atoms with E-state index in [4.69, 9.17) is 0 Å². The van der Waals surface area contributed by atoms with E-state index < -0.39 is 0 Å². The second-order valence-electron chi connectivity index (χ2n) is 3.33. The van der Waals surface area contributed by atoms with Crippen LogP contribution < -0.4 is 0 Å². The van der Waals surface area contributed by atoms with Crippen molar-refractivity contribution in [3.63, 3.8) is 0 Å². The number of nitrogens with zero attached hydrogens (tertiary/aromatic N) is 1. The van der Waals surface area contributed by atoms with Crippen molar-refractivity contribution in [2.24, 2.45) is 11.8 Å². The van der Waals surface area contributed by atoms with Crippen molar-refractivity contribution in [3.05, 3.63) is 0 Å². The number of hydrogen-bond acceptors (Lipinski definition) is 3. The van der Waals surface area contributed by atoms with Crippen LogP contribution in [-0.4, -0.2) is 38.1 Å². The maximum Gasteiger partial charge on any atom is 0.310 e. The molecule has 1 fully saturated rings. The molecule has 1 heterocycles. The molecule has 0 aliphatic carbocycles. The first-order valence-corrected chi connectivity index (χ1v) is 3.91. The van der Waals surface area contributed by atoms with Gasteiger partial charge in [-0.05, 0) is 13.0 Å². The summed E-state index contributed by atoms with van der Waals surface area (Å²) in [5.74, 6) is 0.458. The molecular weight excluding hydrogens is 142 g/mol. The highest BCUT2D eigenvalue weighted by Crippen LogP contribution is 2.22. The lowest BCUT2D eigenvalue weighted by Gasteiger charge is -2.10. The molecule has 3 nitrogen and oxygen atoms in total. The summed E-state index contributed by atoms with van der Waals surface area (Å²) in [4.78, 5) is 13.3. The molecule has 0 spiro atoms. The molecule has 3 heteroatoms. The Hall–Kier alpha value is -0.570. The Labute approximate surface area is 67.3 Å². The number of carbonyl (C=O) groups excluding carboxylic acids is 1. The van der Waals surface area contributed by atoms with E-state index in [0.717, 1.165) is 13.1 Å². The Bertz CT molecular complexity index is 158. The molecule has 11 heavy (non-hydrogen) atoms. The van der Waals surface area contributed by atoms with Crippen molar-refractivity contribution in [1.29, 1.82) is 0 Å². The van der Waals surface area contributed by atoms with Crippen LogP contribution >= 0.6 is 0 Å². The molecule has 1 saturated heterocycles. The highest BCUT2D eigenvalue weighted by atomic mass is 16.5. The summed E-state index contributed by atoms with van der Waals surface area (Å²) in [7, 11) is 3.48. The number of carbonyl (C=O) groups is 1. The predicted molar refractivity (Wildman–Crippen MR) is 42.2 cm³/mol. The Kier molecular flexibility index (Phi) is 2.49. The molecular formula is C8H15NO2. The van der Waals surface area contributed by atoms with Crippen molar-refractivity contribution in [1.82, 2.24) is 4.90 Å². The van der Waals surface area contributed by atoms with E-state index in [1.165, 1.54) is 7.11 Å². The third kappa shape index (κ3) is 1.71.